The number of ether oxygens (including phenoxy) is 1. The highest BCUT2D eigenvalue weighted by Crippen LogP contribution is 2.32. The van der Waals surface area contributed by atoms with Crippen molar-refractivity contribution in [3.8, 4) is 0 Å². The molecule has 1 aliphatic rings. The number of esters is 1. The fourth-order valence-electron chi connectivity index (χ4n) is 3.44. The number of nitrogens with zero attached hydrogens (tertiary/aromatic N) is 1. The molecule has 4 nitrogen and oxygen atoms in total. The zero-order valence-corrected chi connectivity index (χ0v) is 15.4. The third-order valence-electron chi connectivity index (χ3n) is 5.09. The molecule has 0 saturated carbocycles. The second kappa shape index (κ2) is 10.4. The van der Waals surface area contributed by atoms with Gasteiger partial charge in [0.05, 0.1) is 6.10 Å². The maximum absolute atomic E-state index is 12.8. The van der Waals surface area contributed by atoms with Gasteiger partial charge >= 0.3 is 5.97 Å². The van der Waals surface area contributed by atoms with E-state index in [2.05, 4.69) is 30.9 Å². The summed E-state index contributed by atoms with van der Waals surface area (Å²) >= 11 is 0. The van der Waals surface area contributed by atoms with Crippen molar-refractivity contribution in [2.24, 2.45) is 5.92 Å². The van der Waals surface area contributed by atoms with Crippen LogP contribution in [-0.4, -0.2) is 48.3 Å². The molecule has 0 heterocycles. The molecule has 0 amide bonds. The van der Waals surface area contributed by atoms with Crippen LogP contribution in [0.1, 0.15) is 44.6 Å². The minimum atomic E-state index is -0.715. The lowest BCUT2D eigenvalue weighted by molar-refractivity contribution is -0.150. The molecular formula is C21H31NO3. The highest BCUT2D eigenvalue weighted by atomic mass is 16.5. The molecular weight excluding hydrogens is 314 g/mol. The summed E-state index contributed by atoms with van der Waals surface area (Å²) in [6.45, 7) is 7.15. The number of aliphatic hydroxyl groups excluding tert-OH is 1. The van der Waals surface area contributed by atoms with Gasteiger partial charge in [0, 0.05) is 6.54 Å². The van der Waals surface area contributed by atoms with E-state index in [1.54, 1.807) is 0 Å². The molecule has 0 fully saturated rings. The average Bonchev–Trinajstić information content (AvgIpc) is 2.67. The monoisotopic (exact) mass is 345 g/mol. The van der Waals surface area contributed by atoms with E-state index in [1.807, 2.05) is 30.3 Å². The maximum atomic E-state index is 12.8. The van der Waals surface area contributed by atoms with Crippen LogP contribution in [0.5, 0.6) is 0 Å². The number of hydrogen-bond acceptors (Lipinski definition) is 4. The second-order valence-electron chi connectivity index (χ2n) is 6.62. The topological polar surface area (TPSA) is 49.8 Å². The molecule has 0 aliphatic heterocycles. The molecule has 1 aromatic rings. The molecule has 1 N–H and O–H groups in total. The Morgan fingerprint density at radius 2 is 1.96 bits per heavy atom. The van der Waals surface area contributed by atoms with Gasteiger partial charge in [-0.15, -0.1) is 0 Å². The number of carbonyl (C=O) groups is 1. The van der Waals surface area contributed by atoms with E-state index in [-0.39, 0.29) is 11.9 Å². The van der Waals surface area contributed by atoms with Crippen molar-refractivity contribution >= 4 is 5.97 Å². The summed E-state index contributed by atoms with van der Waals surface area (Å²) in [6.07, 6.45) is 6.22. The second-order valence-corrected chi connectivity index (χ2v) is 6.62. The van der Waals surface area contributed by atoms with Gasteiger partial charge in [-0.3, -0.25) is 4.79 Å². The summed E-state index contributed by atoms with van der Waals surface area (Å²) in [7, 11) is 0. The van der Waals surface area contributed by atoms with Crippen LogP contribution < -0.4 is 0 Å². The van der Waals surface area contributed by atoms with Crippen LogP contribution in [0.3, 0.4) is 0 Å². The summed E-state index contributed by atoms with van der Waals surface area (Å²) in [5, 5.41) is 10.9. The van der Waals surface area contributed by atoms with E-state index in [4.69, 9.17) is 4.74 Å². The Bertz CT molecular complexity index is 539. The summed E-state index contributed by atoms with van der Waals surface area (Å²) in [5.41, 5.74) is 0.831. The van der Waals surface area contributed by atoms with Crippen LogP contribution >= 0.6 is 0 Å². The van der Waals surface area contributed by atoms with E-state index >= 15 is 0 Å². The lowest BCUT2D eigenvalue weighted by Gasteiger charge is -2.30. The number of carbonyl (C=O) groups excluding carboxylic acids is 1. The zero-order valence-electron chi connectivity index (χ0n) is 15.4. The number of hydrogen-bond donors (Lipinski definition) is 1. The largest absolute Gasteiger partial charge is 0.464 e. The summed E-state index contributed by atoms with van der Waals surface area (Å²) in [6, 6.07) is 9.52. The van der Waals surface area contributed by atoms with Crippen molar-refractivity contribution in [1.29, 1.82) is 0 Å². The summed E-state index contributed by atoms with van der Waals surface area (Å²) < 4.78 is 5.55. The molecule has 0 saturated heterocycles. The van der Waals surface area contributed by atoms with E-state index in [0.29, 0.717) is 6.61 Å². The fourth-order valence-corrected chi connectivity index (χ4v) is 3.44. The highest BCUT2D eigenvalue weighted by Gasteiger charge is 2.35. The van der Waals surface area contributed by atoms with Gasteiger partial charge in [-0.05, 0) is 43.8 Å². The first kappa shape index (κ1) is 19.7. The fraction of sp³-hybridized carbons (Fsp3) is 0.571. The van der Waals surface area contributed by atoms with Crippen LogP contribution in [0.25, 0.3) is 0 Å². The number of likely N-dealkylation sites (N-methyl/N-ethyl adjacent to an activating group) is 1. The molecule has 25 heavy (non-hydrogen) atoms. The first-order valence-corrected chi connectivity index (χ1v) is 9.44. The first-order chi connectivity index (χ1) is 12.2. The van der Waals surface area contributed by atoms with Gasteiger partial charge in [-0.2, -0.15) is 0 Å². The van der Waals surface area contributed by atoms with Crippen molar-refractivity contribution in [3.05, 3.63) is 48.0 Å². The van der Waals surface area contributed by atoms with E-state index < -0.39 is 12.0 Å². The Morgan fingerprint density at radius 1 is 1.24 bits per heavy atom. The molecule has 138 valence electrons. The minimum absolute atomic E-state index is 0.102. The Balaban J connectivity index is 2.06. The lowest BCUT2D eigenvalue weighted by atomic mass is 9.80. The van der Waals surface area contributed by atoms with E-state index in [9.17, 15) is 9.90 Å². The predicted octanol–water partition coefficient (Wildman–Crippen LogP) is 3.37. The molecule has 3 atom stereocenters. The Labute approximate surface area is 151 Å². The maximum Gasteiger partial charge on any atom is 0.316 e. The van der Waals surface area contributed by atoms with Gasteiger partial charge in [0.15, 0.2) is 0 Å². The molecule has 4 heteroatoms. The number of aliphatic hydroxyl groups is 1. The Hall–Kier alpha value is -1.65. The van der Waals surface area contributed by atoms with Gasteiger partial charge in [0.2, 0.25) is 0 Å². The van der Waals surface area contributed by atoms with Crippen LogP contribution in [0.4, 0.5) is 0 Å². The molecule has 2 rings (SSSR count). The number of benzene rings is 1. The average molecular weight is 345 g/mol. The molecule has 0 unspecified atom stereocenters. The number of allylic oxidation sites excluding steroid dienone is 2. The van der Waals surface area contributed by atoms with Gasteiger partial charge in [0.1, 0.15) is 12.5 Å². The predicted molar refractivity (Wildman–Crippen MR) is 100 cm³/mol. The van der Waals surface area contributed by atoms with Gasteiger partial charge in [-0.1, -0.05) is 56.3 Å². The van der Waals surface area contributed by atoms with Crippen molar-refractivity contribution in [2.75, 3.05) is 26.2 Å². The van der Waals surface area contributed by atoms with Gasteiger partial charge < -0.3 is 14.7 Å². The van der Waals surface area contributed by atoms with Crippen LogP contribution in [-0.2, 0) is 9.53 Å². The third-order valence-corrected chi connectivity index (χ3v) is 5.09. The van der Waals surface area contributed by atoms with E-state index in [0.717, 1.165) is 44.5 Å². The van der Waals surface area contributed by atoms with E-state index in [1.165, 1.54) is 0 Å². The molecule has 0 aromatic heterocycles. The Morgan fingerprint density at radius 3 is 2.56 bits per heavy atom. The molecule has 1 aromatic carbocycles. The van der Waals surface area contributed by atoms with Crippen LogP contribution in [0.15, 0.2) is 42.5 Å². The lowest BCUT2D eigenvalue weighted by Crippen LogP contribution is -2.35. The van der Waals surface area contributed by atoms with Gasteiger partial charge in [-0.25, -0.2) is 0 Å². The minimum Gasteiger partial charge on any atom is -0.464 e. The number of rotatable bonds is 9. The van der Waals surface area contributed by atoms with Crippen LogP contribution in [0.2, 0.25) is 0 Å². The molecule has 0 spiro atoms. The zero-order chi connectivity index (χ0) is 18.1. The third kappa shape index (κ3) is 5.68. The molecule has 1 aliphatic carbocycles. The normalized spacial score (nSPS) is 19.6. The van der Waals surface area contributed by atoms with Crippen LogP contribution in [0, 0.1) is 5.92 Å². The van der Waals surface area contributed by atoms with Gasteiger partial charge in [0.25, 0.3) is 0 Å². The summed E-state index contributed by atoms with van der Waals surface area (Å²) in [5.74, 6) is -0.833. The van der Waals surface area contributed by atoms with Crippen molar-refractivity contribution < 1.29 is 14.6 Å². The highest BCUT2D eigenvalue weighted by molar-refractivity contribution is 5.79. The molecule has 0 radical (unpaired) electrons. The standard InChI is InChI=1S/C21H31NO3/c1-3-22(4-2)15-16-25-21(24)19(17-11-7-5-8-12-17)20(23)18-13-9-6-10-14-18/h5-9,11-12,18-20,23H,3-4,10,13-16H2,1-2H3/t18-,19-,20-/m0/s1. The molecule has 0 bridgehead atoms. The first-order valence-electron chi connectivity index (χ1n) is 9.44. The smallest absolute Gasteiger partial charge is 0.316 e. The quantitative estimate of drug-likeness (QED) is 0.551. The van der Waals surface area contributed by atoms with Crippen molar-refractivity contribution in [1.82, 2.24) is 4.90 Å². The Kier molecular flexibility index (Phi) is 8.16. The summed E-state index contributed by atoms with van der Waals surface area (Å²) in [4.78, 5) is 15.0. The van der Waals surface area contributed by atoms with Crippen molar-refractivity contribution in [3.63, 3.8) is 0 Å². The van der Waals surface area contributed by atoms with Crippen molar-refractivity contribution in [2.45, 2.75) is 45.1 Å². The SMILES string of the molecule is CCN(CC)CCOC(=O)[C@@H](c1ccccc1)[C@@H](O)[C@H]1CC=CCC1.